The Morgan fingerprint density at radius 1 is 0.773 bits per heavy atom. The van der Waals surface area contributed by atoms with Crippen LogP contribution < -0.4 is 11.5 Å². The van der Waals surface area contributed by atoms with Gasteiger partial charge in [0, 0.05) is 16.8 Å². The summed E-state index contributed by atoms with van der Waals surface area (Å²) in [6.45, 7) is 2.27. The average molecular weight is 298 g/mol. The molecule has 2 nitrogen and oxygen atoms in total. The number of aryl methyl sites for hydroxylation is 1. The molecule has 0 saturated carbocycles. The Hall–Kier alpha value is -1.70. The standard InChI is InChI=1S/C20H30N2/c1-2-3-4-5-6-7-8-9-10-16-11-12-19-17(13-16)14-18(21)15-20(19)22/h11-15H,2-10,21-22H2,1H3. The van der Waals surface area contributed by atoms with Gasteiger partial charge in [-0.25, -0.2) is 0 Å². The molecule has 0 amide bonds. The van der Waals surface area contributed by atoms with Crippen LogP contribution in [0.15, 0.2) is 30.3 Å². The number of hydrogen-bond acceptors (Lipinski definition) is 2. The molecule has 0 fully saturated rings. The SMILES string of the molecule is CCCCCCCCCCc1ccc2c(N)cc(N)cc2c1. The number of hydrogen-bond donors (Lipinski definition) is 2. The maximum Gasteiger partial charge on any atom is 0.0414 e. The maximum absolute atomic E-state index is 6.02. The molecular weight excluding hydrogens is 268 g/mol. The first-order chi connectivity index (χ1) is 10.7. The van der Waals surface area contributed by atoms with Crippen molar-refractivity contribution in [2.24, 2.45) is 0 Å². The molecule has 2 rings (SSSR count). The van der Waals surface area contributed by atoms with Crippen LogP contribution in [0, 0.1) is 0 Å². The Balaban J connectivity index is 1.78. The van der Waals surface area contributed by atoms with Crippen LogP contribution in [0.1, 0.15) is 63.9 Å². The second-order valence-corrected chi connectivity index (χ2v) is 6.39. The Bertz CT molecular complexity index is 590. The van der Waals surface area contributed by atoms with Crippen LogP contribution in [-0.2, 0) is 6.42 Å². The van der Waals surface area contributed by atoms with E-state index >= 15 is 0 Å². The van der Waals surface area contributed by atoms with Gasteiger partial charge in [-0.2, -0.15) is 0 Å². The van der Waals surface area contributed by atoms with Gasteiger partial charge in [-0.05, 0) is 35.9 Å². The first-order valence-electron chi connectivity index (χ1n) is 8.78. The Morgan fingerprint density at radius 3 is 2.18 bits per heavy atom. The summed E-state index contributed by atoms with van der Waals surface area (Å²) in [5.41, 5.74) is 14.8. The lowest BCUT2D eigenvalue weighted by Gasteiger charge is -2.07. The van der Waals surface area contributed by atoms with Crippen molar-refractivity contribution in [2.75, 3.05) is 11.5 Å². The van der Waals surface area contributed by atoms with E-state index in [4.69, 9.17) is 11.5 Å². The van der Waals surface area contributed by atoms with E-state index in [1.165, 1.54) is 56.9 Å². The molecule has 0 spiro atoms. The van der Waals surface area contributed by atoms with Crippen molar-refractivity contribution < 1.29 is 0 Å². The van der Waals surface area contributed by atoms with Crippen molar-refractivity contribution in [1.82, 2.24) is 0 Å². The van der Waals surface area contributed by atoms with Gasteiger partial charge in [0.05, 0.1) is 0 Å². The lowest BCUT2D eigenvalue weighted by atomic mass is 10.0. The quantitative estimate of drug-likeness (QED) is 0.461. The second-order valence-electron chi connectivity index (χ2n) is 6.39. The predicted molar refractivity (Wildman–Crippen MR) is 99.1 cm³/mol. The molecule has 120 valence electrons. The molecule has 0 aliphatic carbocycles. The highest BCUT2D eigenvalue weighted by molar-refractivity contribution is 5.95. The summed E-state index contributed by atoms with van der Waals surface area (Å²) in [5, 5.41) is 2.27. The van der Waals surface area contributed by atoms with E-state index in [1.54, 1.807) is 0 Å². The highest BCUT2D eigenvalue weighted by Crippen LogP contribution is 2.26. The highest BCUT2D eigenvalue weighted by Gasteiger charge is 2.02. The number of nitrogen functional groups attached to an aromatic ring is 2. The summed E-state index contributed by atoms with van der Waals surface area (Å²) < 4.78 is 0. The number of anilines is 2. The van der Waals surface area contributed by atoms with Gasteiger partial charge in [-0.1, -0.05) is 70.1 Å². The molecule has 0 aliphatic heterocycles. The fraction of sp³-hybridized carbons (Fsp3) is 0.500. The fourth-order valence-corrected chi connectivity index (χ4v) is 3.09. The van der Waals surface area contributed by atoms with Gasteiger partial charge in [-0.3, -0.25) is 0 Å². The summed E-state index contributed by atoms with van der Waals surface area (Å²) in [5.74, 6) is 0. The molecule has 4 N–H and O–H groups in total. The van der Waals surface area contributed by atoms with Crippen LogP contribution in [0.4, 0.5) is 11.4 Å². The summed E-state index contributed by atoms with van der Waals surface area (Å²) in [6, 6.07) is 10.4. The smallest absolute Gasteiger partial charge is 0.0414 e. The van der Waals surface area contributed by atoms with Crippen molar-refractivity contribution in [2.45, 2.75) is 64.7 Å². The minimum absolute atomic E-state index is 0.745. The van der Waals surface area contributed by atoms with Crippen molar-refractivity contribution in [1.29, 1.82) is 0 Å². The maximum atomic E-state index is 6.02. The molecule has 0 heterocycles. The van der Waals surface area contributed by atoms with E-state index in [9.17, 15) is 0 Å². The number of benzene rings is 2. The highest BCUT2D eigenvalue weighted by atomic mass is 14.6. The molecule has 0 unspecified atom stereocenters. The van der Waals surface area contributed by atoms with Gasteiger partial charge >= 0.3 is 0 Å². The third kappa shape index (κ3) is 4.94. The van der Waals surface area contributed by atoms with Gasteiger partial charge in [0.15, 0.2) is 0 Å². The molecule has 2 aromatic carbocycles. The molecular formula is C20H30N2. The topological polar surface area (TPSA) is 52.0 Å². The zero-order valence-electron chi connectivity index (χ0n) is 13.9. The number of rotatable bonds is 9. The Morgan fingerprint density at radius 2 is 1.45 bits per heavy atom. The molecule has 2 heteroatoms. The van der Waals surface area contributed by atoms with Crippen LogP contribution >= 0.6 is 0 Å². The number of nitrogens with two attached hydrogens (primary N) is 2. The van der Waals surface area contributed by atoms with Crippen LogP contribution in [0.2, 0.25) is 0 Å². The van der Waals surface area contributed by atoms with E-state index in [0.717, 1.165) is 28.6 Å². The normalized spacial score (nSPS) is 11.1. The minimum atomic E-state index is 0.745. The number of unbranched alkanes of at least 4 members (excludes halogenated alkanes) is 7. The van der Waals surface area contributed by atoms with Gasteiger partial charge in [0.1, 0.15) is 0 Å². The summed E-state index contributed by atoms with van der Waals surface area (Å²) in [6.07, 6.45) is 12.1. The molecule has 0 saturated heterocycles. The summed E-state index contributed by atoms with van der Waals surface area (Å²) >= 11 is 0. The third-order valence-corrected chi connectivity index (χ3v) is 4.39. The lowest BCUT2D eigenvalue weighted by molar-refractivity contribution is 0.575. The van der Waals surface area contributed by atoms with Gasteiger partial charge in [0.25, 0.3) is 0 Å². The zero-order chi connectivity index (χ0) is 15.8. The van der Waals surface area contributed by atoms with Crippen LogP contribution in [0.5, 0.6) is 0 Å². The third-order valence-electron chi connectivity index (χ3n) is 4.39. The first-order valence-corrected chi connectivity index (χ1v) is 8.78. The Kier molecular flexibility index (Phi) is 6.57. The van der Waals surface area contributed by atoms with Crippen LogP contribution in [0.3, 0.4) is 0 Å². The van der Waals surface area contributed by atoms with E-state index < -0.39 is 0 Å². The Labute approximate surface area is 134 Å². The van der Waals surface area contributed by atoms with Gasteiger partial charge in [-0.15, -0.1) is 0 Å². The van der Waals surface area contributed by atoms with Crippen LogP contribution in [-0.4, -0.2) is 0 Å². The van der Waals surface area contributed by atoms with Crippen molar-refractivity contribution in [3.05, 3.63) is 35.9 Å². The molecule has 22 heavy (non-hydrogen) atoms. The van der Waals surface area contributed by atoms with E-state index in [2.05, 4.69) is 25.1 Å². The van der Waals surface area contributed by atoms with Crippen molar-refractivity contribution in [3.63, 3.8) is 0 Å². The van der Waals surface area contributed by atoms with Crippen molar-refractivity contribution >= 4 is 22.1 Å². The van der Waals surface area contributed by atoms with E-state index in [0.29, 0.717) is 0 Å². The first kappa shape index (κ1) is 16.7. The molecule has 2 aromatic rings. The molecule has 0 radical (unpaired) electrons. The average Bonchev–Trinajstić information content (AvgIpc) is 2.49. The zero-order valence-corrected chi connectivity index (χ0v) is 13.9. The molecule has 0 atom stereocenters. The largest absolute Gasteiger partial charge is 0.399 e. The second kappa shape index (κ2) is 8.67. The minimum Gasteiger partial charge on any atom is -0.399 e. The van der Waals surface area contributed by atoms with Crippen molar-refractivity contribution in [3.8, 4) is 0 Å². The van der Waals surface area contributed by atoms with E-state index in [1.807, 2.05) is 12.1 Å². The lowest BCUT2D eigenvalue weighted by Crippen LogP contribution is -1.93. The summed E-state index contributed by atoms with van der Waals surface area (Å²) in [7, 11) is 0. The van der Waals surface area contributed by atoms with Crippen LogP contribution in [0.25, 0.3) is 10.8 Å². The fourth-order valence-electron chi connectivity index (χ4n) is 3.09. The monoisotopic (exact) mass is 298 g/mol. The van der Waals surface area contributed by atoms with E-state index in [-0.39, 0.29) is 0 Å². The predicted octanol–water partition coefficient (Wildman–Crippen LogP) is 5.69. The van der Waals surface area contributed by atoms with Gasteiger partial charge in [0.2, 0.25) is 0 Å². The summed E-state index contributed by atoms with van der Waals surface area (Å²) in [4.78, 5) is 0. The molecule has 0 aromatic heterocycles. The van der Waals surface area contributed by atoms with Gasteiger partial charge < -0.3 is 11.5 Å². The molecule has 0 bridgehead atoms. The number of fused-ring (bicyclic) bond motifs is 1. The molecule has 0 aliphatic rings.